The normalized spacial score (nSPS) is 24.9. The first-order valence-corrected chi connectivity index (χ1v) is 12.9. The number of benzene rings is 1. The molecular formula is C25H33N11O3. The Bertz CT molecular complexity index is 1340. The summed E-state index contributed by atoms with van der Waals surface area (Å²) in [5.41, 5.74) is 4.72. The SMILES string of the molecule is COc1c(NC2CC(Nc3cccc(N4CC(OC)C4)n3)NC3NN(C)C(=O)C23)cccc1-c1nnn(C)n1. The molecule has 0 aliphatic carbocycles. The van der Waals surface area contributed by atoms with Gasteiger partial charge in [0.25, 0.3) is 0 Å². The molecule has 206 valence electrons. The molecule has 4 atom stereocenters. The number of rotatable bonds is 8. The second-order valence-electron chi connectivity index (χ2n) is 10.0. The molecule has 0 radical (unpaired) electrons. The van der Waals surface area contributed by atoms with Crippen molar-refractivity contribution in [3.8, 4) is 17.1 Å². The van der Waals surface area contributed by atoms with E-state index in [-0.39, 0.29) is 36.3 Å². The topological polar surface area (TPSA) is 147 Å². The smallest absolute Gasteiger partial charge is 0.244 e. The number of aromatic nitrogens is 5. The number of nitrogens with one attached hydrogen (secondary N) is 4. The predicted molar refractivity (Wildman–Crippen MR) is 144 cm³/mol. The monoisotopic (exact) mass is 535 g/mol. The number of hydrogen-bond acceptors (Lipinski definition) is 12. The number of fused-ring (bicyclic) bond motifs is 1. The molecule has 3 aliphatic rings. The molecule has 1 aromatic carbocycles. The lowest BCUT2D eigenvalue weighted by Crippen LogP contribution is -2.61. The van der Waals surface area contributed by atoms with Gasteiger partial charge in [-0.05, 0) is 29.5 Å². The standard InChI is InChI=1S/C25H33N11O3/c1-34-25(37)21-17(26-16-8-5-7-15(22(16)39-4)23-30-33-35(2)32-23)11-19(29-24(21)31-34)27-18-9-6-10-20(28-18)36-12-14(13-36)38-3/h5-10,14,17,19,21,24,26,29,31H,11-13H2,1-4H3,(H,27,28). The van der Waals surface area contributed by atoms with Gasteiger partial charge in [-0.2, -0.15) is 4.80 Å². The number of pyridine rings is 1. The van der Waals surface area contributed by atoms with E-state index in [2.05, 4.69) is 41.7 Å². The number of aryl methyl sites for hydroxylation is 1. The minimum atomic E-state index is -0.331. The van der Waals surface area contributed by atoms with E-state index in [1.54, 1.807) is 33.3 Å². The number of piperidine rings is 1. The fourth-order valence-electron chi connectivity index (χ4n) is 5.47. The maximum absolute atomic E-state index is 13.1. The van der Waals surface area contributed by atoms with Gasteiger partial charge in [0.05, 0.1) is 49.8 Å². The van der Waals surface area contributed by atoms with Crippen LogP contribution in [0.4, 0.5) is 17.3 Å². The third kappa shape index (κ3) is 4.82. The van der Waals surface area contributed by atoms with Crippen LogP contribution in [0.25, 0.3) is 11.4 Å². The van der Waals surface area contributed by atoms with Crippen molar-refractivity contribution in [2.24, 2.45) is 13.0 Å². The maximum atomic E-state index is 13.1. The highest BCUT2D eigenvalue weighted by molar-refractivity contribution is 5.83. The number of tetrazole rings is 1. The first-order chi connectivity index (χ1) is 18.9. The Morgan fingerprint density at radius 1 is 1.08 bits per heavy atom. The first kappa shape index (κ1) is 25.3. The Kier molecular flexibility index (Phi) is 6.66. The Morgan fingerprint density at radius 3 is 2.64 bits per heavy atom. The number of carbonyl (C=O) groups excluding carboxylic acids is 1. The fourth-order valence-corrected chi connectivity index (χ4v) is 5.47. The summed E-state index contributed by atoms with van der Waals surface area (Å²) in [4.78, 5) is 21.5. The van der Waals surface area contributed by atoms with Gasteiger partial charge >= 0.3 is 0 Å². The van der Waals surface area contributed by atoms with E-state index in [9.17, 15) is 4.79 Å². The van der Waals surface area contributed by atoms with Crippen LogP contribution in [-0.2, 0) is 16.6 Å². The number of ether oxygens (including phenoxy) is 2. The average molecular weight is 536 g/mol. The summed E-state index contributed by atoms with van der Waals surface area (Å²) in [5.74, 6) is 2.40. The van der Waals surface area contributed by atoms with Crippen LogP contribution in [0, 0.1) is 5.92 Å². The van der Waals surface area contributed by atoms with Crippen LogP contribution in [0.2, 0.25) is 0 Å². The van der Waals surface area contributed by atoms with Crippen LogP contribution in [-0.4, -0.2) is 94.9 Å². The highest BCUT2D eigenvalue weighted by atomic mass is 16.5. The molecule has 1 amide bonds. The van der Waals surface area contributed by atoms with Crippen LogP contribution < -0.4 is 31.0 Å². The number of hydrogen-bond donors (Lipinski definition) is 4. The van der Waals surface area contributed by atoms with E-state index in [1.165, 1.54) is 4.80 Å². The summed E-state index contributed by atoms with van der Waals surface area (Å²) in [6.07, 6.45) is 0.441. The minimum absolute atomic E-state index is 0.0137. The molecule has 4 N–H and O–H groups in total. The lowest BCUT2D eigenvalue weighted by molar-refractivity contribution is -0.131. The molecular weight excluding hydrogens is 502 g/mol. The number of amides is 1. The van der Waals surface area contributed by atoms with E-state index >= 15 is 0 Å². The van der Waals surface area contributed by atoms with Crippen molar-refractivity contribution in [2.75, 3.05) is 49.9 Å². The van der Waals surface area contributed by atoms with Crippen molar-refractivity contribution in [2.45, 2.75) is 30.9 Å². The lowest BCUT2D eigenvalue weighted by atomic mass is 9.88. The second kappa shape index (κ2) is 10.3. The third-order valence-electron chi connectivity index (χ3n) is 7.48. The zero-order valence-corrected chi connectivity index (χ0v) is 22.3. The van der Waals surface area contributed by atoms with Crippen molar-refractivity contribution >= 4 is 23.2 Å². The van der Waals surface area contributed by atoms with Gasteiger partial charge in [0, 0.05) is 39.7 Å². The molecule has 4 unspecified atom stereocenters. The van der Waals surface area contributed by atoms with Gasteiger partial charge in [0.2, 0.25) is 11.7 Å². The predicted octanol–water partition coefficient (Wildman–Crippen LogP) is 0.247. The second-order valence-corrected chi connectivity index (χ2v) is 10.0. The summed E-state index contributed by atoms with van der Waals surface area (Å²) in [7, 11) is 6.80. The molecule has 14 nitrogen and oxygen atoms in total. The molecule has 6 rings (SSSR count). The Balaban J connectivity index is 1.24. The van der Waals surface area contributed by atoms with Crippen molar-refractivity contribution in [1.82, 2.24) is 40.9 Å². The van der Waals surface area contributed by atoms with Crippen molar-refractivity contribution in [3.05, 3.63) is 36.4 Å². The van der Waals surface area contributed by atoms with Gasteiger partial charge in [-0.3, -0.25) is 15.1 Å². The number of hydrazine groups is 1. The van der Waals surface area contributed by atoms with Gasteiger partial charge < -0.3 is 25.0 Å². The fraction of sp³-hybridized carbons (Fsp3) is 0.480. The first-order valence-electron chi connectivity index (χ1n) is 12.9. The number of para-hydroxylation sites is 1. The van der Waals surface area contributed by atoms with E-state index in [4.69, 9.17) is 14.5 Å². The third-order valence-corrected chi connectivity index (χ3v) is 7.48. The summed E-state index contributed by atoms with van der Waals surface area (Å²) >= 11 is 0. The molecule has 14 heteroatoms. The van der Waals surface area contributed by atoms with Crippen LogP contribution >= 0.6 is 0 Å². The Hall–Kier alpha value is -4.01. The molecule has 2 aromatic heterocycles. The summed E-state index contributed by atoms with van der Waals surface area (Å²) in [6.45, 7) is 1.65. The highest BCUT2D eigenvalue weighted by Crippen LogP contribution is 2.37. The van der Waals surface area contributed by atoms with Crippen molar-refractivity contribution in [1.29, 1.82) is 0 Å². The summed E-state index contributed by atoms with van der Waals surface area (Å²) in [6, 6.07) is 11.5. The summed E-state index contributed by atoms with van der Waals surface area (Å²) < 4.78 is 11.2. The van der Waals surface area contributed by atoms with Gasteiger partial charge in [-0.15, -0.1) is 10.2 Å². The number of carbonyl (C=O) groups is 1. The van der Waals surface area contributed by atoms with Crippen molar-refractivity contribution < 1.29 is 14.3 Å². The van der Waals surface area contributed by atoms with E-state index < -0.39 is 0 Å². The van der Waals surface area contributed by atoms with Crippen LogP contribution in [0.1, 0.15) is 6.42 Å². The van der Waals surface area contributed by atoms with Crippen molar-refractivity contribution in [3.63, 3.8) is 0 Å². The van der Waals surface area contributed by atoms with Gasteiger partial charge in [0.1, 0.15) is 11.6 Å². The quantitative estimate of drug-likeness (QED) is 0.313. The van der Waals surface area contributed by atoms with Gasteiger partial charge in [-0.1, -0.05) is 12.1 Å². The van der Waals surface area contributed by atoms with Crippen LogP contribution in [0.3, 0.4) is 0 Å². The van der Waals surface area contributed by atoms with Crippen LogP contribution in [0.15, 0.2) is 36.4 Å². The molecule has 39 heavy (non-hydrogen) atoms. The highest BCUT2D eigenvalue weighted by Gasteiger charge is 2.48. The van der Waals surface area contributed by atoms with Gasteiger partial charge in [0.15, 0.2) is 5.75 Å². The number of anilines is 3. The number of nitrogens with zero attached hydrogens (tertiary/aromatic N) is 7. The zero-order chi connectivity index (χ0) is 27.1. The van der Waals surface area contributed by atoms with E-state index in [0.717, 1.165) is 30.4 Å². The number of methoxy groups -OCH3 is 2. The average Bonchev–Trinajstić information content (AvgIpc) is 3.45. The van der Waals surface area contributed by atoms with Crippen LogP contribution in [0.5, 0.6) is 5.75 Å². The summed E-state index contributed by atoms with van der Waals surface area (Å²) in [5, 5.41) is 24.6. The molecule has 0 bridgehead atoms. The maximum Gasteiger partial charge on any atom is 0.244 e. The molecule has 3 fully saturated rings. The van der Waals surface area contributed by atoms with Gasteiger partial charge in [-0.25, -0.2) is 10.4 Å². The lowest BCUT2D eigenvalue weighted by Gasteiger charge is -2.40. The minimum Gasteiger partial charge on any atom is -0.494 e. The van der Waals surface area contributed by atoms with E-state index in [0.29, 0.717) is 23.6 Å². The Labute approximate surface area is 226 Å². The Morgan fingerprint density at radius 2 is 1.90 bits per heavy atom. The molecule has 0 saturated carbocycles. The largest absolute Gasteiger partial charge is 0.494 e. The molecule has 3 aliphatic heterocycles. The molecule has 0 spiro atoms. The molecule has 3 aromatic rings. The molecule has 5 heterocycles. The van der Waals surface area contributed by atoms with E-state index in [1.807, 2.05) is 36.4 Å². The molecule has 3 saturated heterocycles. The zero-order valence-electron chi connectivity index (χ0n) is 22.3.